The van der Waals surface area contributed by atoms with E-state index < -0.39 is 4.92 Å². The molecule has 0 aromatic heterocycles. The average molecular weight is 349 g/mol. The van der Waals surface area contributed by atoms with Crippen molar-refractivity contribution < 1.29 is 9.72 Å². The van der Waals surface area contributed by atoms with E-state index in [0.29, 0.717) is 11.3 Å². The molecule has 0 spiro atoms. The van der Waals surface area contributed by atoms with Gasteiger partial charge in [-0.3, -0.25) is 14.9 Å². The van der Waals surface area contributed by atoms with Gasteiger partial charge in [-0.1, -0.05) is 12.1 Å². The first-order valence-electron chi connectivity index (χ1n) is 6.21. The summed E-state index contributed by atoms with van der Waals surface area (Å²) < 4.78 is 0.763. The monoisotopic (exact) mass is 348 g/mol. The average Bonchev–Trinajstić information content (AvgIpc) is 2.41. The number of amides is 1. The zero-order valence-corrected chi connectivity index (χ0v) is 13.1. The molecule has 0 aliphatic heterocycles. The summed E-state index contributed by atoms with van der Waals surface area (Å²) in [4.78, 5) is 22.7. The van der Waals surface area contributed by atoms with E-state index in [4.69, 9.17) is 0 Å². The van der Waals surface area contributed by atoms with E-state index in [2.05, 4.69) is 21.2 Å². The van der Waals surface area contributed by atoms with Crippen LogP contribution in [0.25, 0.3) is 0 Å². The first-order valence-corrected chi connectivity index (χ1v) is 7.01. The minimum atomic E-state index is -0.492. The number of nitro groups is 1. The second kappa shape index (κ2) is 6.05. The lowest BCUT2D eigenvalue weighted by molar-refractivity contribution is -0.385. The number of rotatable bonds is 3. The van der Waals surface area contributed by atoms with E-state index >= 15 is 0 Å². The van der Waals surface area contributed by atoms with Gasteiger partial charge in [0, 0.05) is 21.7 Å². The highest BCUT2D eigenvalue weighted by molar-refractivity contribution is 9.10. The smallest absolute Gasteiger partial charge is 0.273 e. The van der Waals surface area contributed by atoms with Crippen molar-refractivity contribution >= 4 is 33.2 Å². The van der Waals surface area contributed by atoms with Crippen molar-refractivity contribution in [3.8, 4) is 0 Å². The lowest BCUT2D eigenvalue weighted by Gasteiger charge is -2.10. The molecule has 0 bridgehead atoms. The highest BCUT2D eigenvalue weighted by Crippen LogP contribution is 2.26. The standard InChI is InChI=1S/C15H13BrN2O3/c1-9-6-7-13(12(16)8-9)17-15(19)11-4-3-5-14(10(11)2)18(20)21/h3-8H,1-2H3,(H,17,19). The molecule has 0 aliphatic carbocycles. The van der Waals surface area contributed by atoms with Crippen molar-refractivity contribution in [3.05, 3.63) is 67.7 Å². The summed E-state index contributed by atoms with van der Waals surface area (Å²) in [6.45, 7) is 3.51. The van der Waals surface area contributed by atoms with Gasteiger partial charge in [-0.25, -0.2) is 0 Å². The molecule has 0 aliphatic rings. The largest absolute Gasteiger partial charge is 0.321 e. The number of benzene rings is 2. The summed E-state index contributed by atoms with van der Waals surface area (Å²) in [5.74, 6) is -0.374. The molecule has 2 aromatic carbocycles. The summed E-state index contributed by atoms with van der Waals surface area (Å²) >= 11 is 3.38. The van der Waals surface area contributed by atoms with Crippen molar-refractivity contribution in [2.75, 3.05) is 5.32 Å². The van der Waals surface area contributed by atoms with E-state index in [9.17, 15) is 14.9 Å². The zero-order chi connectivity index (χ0) is 15.6. The molecule has 2 aromatic rings. The quantitative estimate of drug-likeness (QED) is 0.666. The number of hydrogen-bond donors (Lipinski definition) is 1. The molecule has 0 saturated carbocycles. The minimum absolute atomic E-state index is 0.0642. The zero-order valence-electron chi connectivity index (χ0n) is 11.5. The van der Waals surface area contributed by atoms with Crippen LogP contribution in [0.3, 0.4) is 0 Å². The summed E-state index contributed by atoms with van der Waals surface area (Å²) in [5.41, 5.74) is 2.26. The molecule has 2 rings (SSSR count). The maximum atomic E-state index is 12.3. The second-order valence-corrected chi connectivity index (χ2v) is 5.50. The number of carbonyl (C=O) groups excluding carboxylic acids is 1. The van der Waals surface area contributed by atoms with Crippen LogP contribution >= 0.6 is 15.9 Å². The number of nitrogens with zero attached hydrogens (tertiary/aromatic N) is 1. The Morgan fingerprint density at radius 3 is 2.57 bits per heavy atom. The van der Waals surface area contributed by atoms with E-state index in [1.165, 1.54) is 12.1 Å². The van der Waals surface area contributed by atoms with Gasteiger partial charge in [-0.15, -0.1) is 0 Å². The van der Waals surface area contributed by atoms with Crippen LogP contribution in [0.2, 0.25) is 0 Å². The molecule has 1 amide bonds. The van der Waals surface area contributed by atoms with Gasteiger partial charge in [-0.2, -0.15) is 0 Å². The number of hydrogen-bond acceptors (Lipinski definition) is 3. The molecule has 0 radical (unpaired) electrons. The summed E-state index contributed by atoms with van der Waals surface area (Å²) in [6, 6.07) is 10.00. The Bertz CT molecular complexity index is 729. The molecule has 1 N–H and O–H groups in total. The topological polar surface area (TPSA) is 72.2 Å². The van der Waals surface area contributed by atoms with Gasteiger partial charge in [0.2, 0.25) is 0 Å². The molecule has 5 nitrogen and oxygen atoms in total. The van der Waals surface area contributed by atoms with Crippen LogP contribution in [0.15, 0.2) is 40.9 Å². The Hall–Kier alpha value is -2.21. The third-order valence-corrected chi connectivity index (χ3v) is 3.78. The number of anilines is 1. The maximum Gasteiger partial charge on any atom is 0.273 e. The Morgan fingerprint density at radius 1 is 1.24 bits per heavy atom. The van der Waals surface area contributed by atoms with Crippen molar-refractivity contribution in [2.24, 2.45) is 0 Å². The van der Waals surface area contributed by atoms with Crippen molar-refractivity contribution in [2.45, 2.75) is 13.8 Å². The van der Waals surface area contributed by atoms with Gasteiger partial charge in [0.15, 0.2) is 0 Å². The first-order chi connectivity index (χ1) is 9.90. The highest BCUT2D eigenvalue weighted by atomic mass is 79.9. The fourth-order valence-corrected chi connectivity index (χ4v) is 2.57. The predicted octanol–water partition coefficient (Wildman–Crippen LogP) is 4.23. The van der Waals surface area contributed by atoms with Crippen LogP contribution in [0, 0.1) is 24.0 Å². The molecule has 21 heavy (non-hydrogen) atoms. The van der Waals surface area contributed by atoms with Crippen LogP contribution in [0.5, 0.6) is 0 Å². The summed E-state index contributed by atoms with van der Waals surface area (Å²) in [5, 5.41) is 13.7. The van der Waals surface area contributed by atoms with E-state index in [0.717, 1.165) is 10.0 Å². The Labute approximate surface area is 130 Å². The highest BCUT2D eigenvalue weighted by Gasteiger charge is 2.18. The second-order valence-electron chi connectivity index (χ2n) is 4.64. The number of aryl methyl sites for hydroxylation is 1. The Balaban J connectivity index is 2.33. The fraction of sp³-hybridized carbons (Fsp3) is 0.133. The van der Waals surface area contributed by atoms with E-state index in [-0.39, 0.29) is 17.2 Å². The molecule has 0 saturated heterocycles. The molecular formula is C15H13BrN2O3. The Morgan fingerprint density at radius 2 is 1.95 bits per heavy atom. The van der Waals surface area contributed by atoms with Crippen molar-refractivity contribution in [3.63, 3.8) is 0 Å². The van der Waals surface area contributed by atoms with Gasteiger partial charge in [0.25, 0.3) is 11.6 Å². The summed E-state index contributed by atoms with van der Waals surface area (Å²) in [7, 11) is 0. The van der Waals surface area contributed by atoms with Gasteiger partial charge < -0.3 is 5.32 Å². The molecule has 0 atom stereocenters. The Kier molecular flexibility index (Phi) is 4.37. The van der Waals surface area contributed by atoms with Gasteiger partial charge in [-0.05, 0) is 53.5 Å². The van der Waals surface area contributed by atoms with Crippen LogP contribution < -0.4 is 5.32 Å². The van der Waals surface area contributed by atoms with Gasteiger partial charge in [0.05, 0.1) is 10.6 Å². The normalized spacial score (nSPS) is 10.2. The van der Waals surface area contributed by atoms with E-state index in [1.54, 1.807) is 19.1 Å². The van der Waals surface area contributed by atoms with Crippen LogP contribution in [0.1, 0.15) is 21.5 Å². The molecule has 0 unspecified atom stereocenters. The third kappa shape index (κ3) is 3.28. The SMILES string of the molecule is Cc1ccc(NC(=O)c2cccc([N+](=O)[O-])c2C)c(Br)c1. The van der Waals surface area contributed by atoms with E-state index in [1.807, 2.05) is 19.1 Å². The lowest BCUT2D eigenvalue weighted by atomic mass is 10.1. The minimum Gasteiger partial charge on any atom is -0.321 e. The molecule has 0 fully saturated rings. The van der Waals surface area contributed by atoms with Crippen molar-refractivity contribution in [1.82, 2.24) is 0 Å². The predicted molar refractivity (Wildman–Crippen MR) is 84.7 cm³/mol. The third-order valence-electron chi connectivity index (χ3n) is 3.12. The van der Waals surface area contributed by atoms with Crippen molar-refractivity contribution in [1.29, 1.82) is 0 Å². The fourth-order valence-electron chi connectivity index (χ4n) is 1.98. The van der Waals surface area contributed by atoms with Crippen LogP contribution in [0.4, 0.5) is 11.4 Å². The van der Waals surface area contributed by atoms with Crippen LogP contribution in [-0.4, -0.2) is 10.8 Å². The number of nitro benzene ring substituents is 1. The molecule has 6 heteroatoms. The maximum absolute atomic E-state index is 12.3. The molecule has 0 heterocycles. The first kappa shape index (κ1) is 15.2. The number of nitrogens with one attached hydrogen (secondary N) is 1. The van der Waals surface area contributed by atoms with Gasteiger partial charge in [0.1, 0.15) is 0 Å². The molecular weight excluding hydrogens is 336 g/mol. The lowest BCUT2D eigenvalue weighted by Crippen LogP contribution is -2.14. The van der Waals surface area contributed by atoms with Crippen LogP contribution in [-0.2, 0) is 0 Å². The molecule has 108 valence electrons. The number of carbonyl (C=O) groups is 1. The summed E-state index contributed by atoms with van der Waals surface area (Å²) in [6.07, 6.45) is 0. The van der Waals surface area contributed by atoms with Gasteiger partial charge >= 0.3 is 0 Å². The number of halogens is 1.